The Bertz CT molecular complexity index is 921. The van der Waals surface area contributed by atoms with Gasteiger partial charge in [-0.3, -0.25) is 5.43 Å². The number of carboxylic acids is 1. The minimum atomic E-state index is -0.989. The predicted molar refractivity (Wildman–Crippen MR) is 98.7 cm³/mol. The summed E-state index contributed by atoms with van der Waals surface area (Å²) in [6.45, 7) is 0. The number of carbonyl (C=O) groups is 1. The van der Waals surface area contributed by atoms with Crippen LogP contribution in [-0.4, -0.2) is 29.4 Å². The third kappa shape index (κ3) is 4.02. The first-order valence-electron chi connectivity index (χ1n) is 7.39. The number of methoxy groups -OCH3 is 1. The Morgan fingerprint density at radius 1 is 1.28 bits per heavy atom. The zero-order valence-electron chi connectivity index (χ0n) is 13.3. The van der Waals surface area contributed by atoms with Crippen molar-refractivity contribution < 1.29 is 14.6 Å². The first kappa shape index (κ1) is 16.7. The van der Waals surface area contributed by atoms with Gasteiger partial charge in [0.1, 0.15) is 5.75 Å². The fourth-order valence-electron chi connectivity index (χ4n) is 2.20. The molecule has 0 atom stereocenters. The summed E-state index contributed by atoms with van der Waals surface area (Å²) in [6, 6.07) is 14.3. The van der Waals surface area contributed by atoms with E-state index in [2.05, 4.69) is 15.5 Å². The van der Waals surface area contributed by atoms with Crippen LogP contribution in [0.1, 0.15) is 15.9 Å². The number of nitrogens with zero attached hydrogens (tertiary/aromatic N) is 2. The van der Waals surface area contributed by atoms with E-state index in [1.807, 2.05) is 29.6 Å². The number of thiazole rings is 1. The second kappa shape index (κ2) is 7.59. The number of hydrazone groups is 1. The molecule has 25 heavy (non-hydrogen) atoms. The van der Waals surface area contributed by atoms with Crippen LogP contribution in [0.3, 0.4) is 0 Å². The maximum absolute atomic E-state index is 11.2. The van der Waals surface area contributed by atoms with E-state index in [0.29, 0.717) is 10.7 Å². The average Bonchev–Trinajstić information content (AvgIpc) is 3.11. The molecular weight excluding hydrogens is 338 g/mol. The average molecular weight is 353 g/mol. The van der Waals surface area contributed by atoms with Crippen molar-refractivity contribution in [2.75, 3.05) is 12.5 Å². The zero-order chi connectivity index (χ0) is 17.6. The minimum absolute atomic E-state index is 0.198. The number of carboxylic acid groups (broad SMARTS) is 1. The van der Waals surface area contributed by atoms with Crippen LogP contribution in [0, 0.1) is 0 Å². The molecule has 0 radical (unpaired) electrons. The van der Waals surface area contributed by atoms with Crippen molar-refractivity contribution in [1.29, 1.82) is 0 Å². The maximum Gasteiger partial charge on any atom is 0.336 e. The lowest BCUT2D eigenvalue weighted by molar-refractivity contribution is 0.0697. The minimum Gasteiger partial charge on any atom is -0.497 e. The van der Waals surface area contributed by atoms with Gasteiger partial charge in [-0.1, -0.05) is 30.3 Å². The lowest BCUT2D eigenvalue weighted by Crippen LogP contribution is -2.02. The second-order valence-corrected chi connectivity index (χ2v) is 5.89. The fourth-order valence-corrected chi connectivity index (χ4v) is 2.87. The van der Waals surface area contributed by atoms with Crippen molar-refractivity contribution in [2.24, 2.45) is 5.10 Å². The van der Waals surface area contributed by atoms with E-state index < -0.39 is 5.97 Å². The summed E-state index contributed by atoms with van der Waals surface area (Å²) in [6.07, 6.45) is 1.47. The molecule has 0 aliphatic carbocycles. The summed E-state index contributed by atoms with van der Waals surface area (Å²) < 4.78 is 5.22. The fraction of sp³-hybridized carbons (Fsp3) is 0.0556. The quantitative estimate of drug-likeness (QED) is 0.517. The molecule has 2 aromatic carbocycles. The van der Waals surface area contributed by atoms with Gasteiger partial charge in [-0.2, -0.15) is 5.10 Å². The summed E-state index contributed by atoms with van der Waals surface area (Å²) in [7, 11) is 1.62. The molecule has 0 bridgehead atoms. The number of aromatic carboxylic acids is 1. The standard InChI is InChI=1S/C18H15N3O3S/c1-24-14-7-4-6-12(9-14)16-11-25-18(20-16)21-19-10-13-5-2-3-8-15(13)17(22)23/h2-11H,1H3,(H,20,21)(H,22,23). The molecule has 6 nitrogen and oxygen atoms in total. The van der Waals surface area contributed by atoms with Crippen molar-refractivity contribution in [3.8, 4) is 17.0 Å². The van der Waals surface area contributed by atoms with Crippen LogP contribution in [0.4, 0.5) is 5.13 Å². The molecule has 7 heteroatoms. The van der Waals surface area contributed by atoms with Gasteiger partial charge in [0, 0.05) is 16.5 Å². The highest BCUT2D eigenvalue weighted by Crippen LogP contribution is 2.27. The molecule has 3 aromatic rings. The van der Waals surface area contributed by atoms with Crippen molar-refractivity contribution in [1.82, 2.24) is 4.98 Å². The number of benzene rings is 2. The van der Waals surface area contributed by atoms with Crippen LogP contribution in [0.5, 0.6) is 5.75 Å². The molecular formula is C18H15N3O3S. The van der Waals surface area contributed by atoms with E-state index in [-0.39, 0.29) is 5.56 Å². The monoisotopic (exact) mass is 353 g/mol. The second-order valence-electron chi connectivity index (χ2n) is 5.03. The molecule has 1 heterocycles. The largest absolute Gasteiger partial charge is 0.497 e. The Kier molecular flexibility index (Phi) is 5.06. The first-order chi connectivity index (χ1) is 12.2. The summed E-state index contributed by atoms with van der Waals surface area (Å²) in [4.78, 5) is 15.6. The maximum atomic E-state index is 11.2. The lowest BCUT2D eigenvalue weighted by atomic mass is 10.1. The van der Waals surface area contributed by atoms with E-state index >= 15 is 0 Å². The molecule has 3 rings (SSSR count). The van der Waals surface area contributed by atoms with Gasteiger partial charge in [-0.05, 0) is 18.2 Å². The molecule has 0 amide bonds. The van der Waals surface area contributed by atoms with Gasteiger partial charge in [0.15, 0.2) is 0 Å². The SMILES string of the molecule is COc1cccc(-c2csc(NN=Cc3ccccc3C(=O)O)n2)c1. The van der Waals surface area contributed by atoms with Gasteiger partial charge in [0.25, 0.3) is 0 Å². The highest BCUT2D eigenvalue weighted by atomic mass is 32.1. The Hall–Kier alpha value is -3.19. The molecule has 0 saturated carbocycles. The van der Waals surface area contributed by atoms with Gasteiger partial charge in [0.05, 0.1) is 24.6 Å². The van der Waals surface area contributed by atoms with Gasteiger partial charge >= 0.3 is 5.97 Å². The third-order valence-corrected chi connectivity index (χ3v) is 4.17. The molecule has 0 saturated heterocycles. The van der Waals surface area contributed by atoms with Crippen LogP contribution in [0.25, 0.3) is 11.3 Å². The summed E-state index contributed by atoms with van der Waals surface area (Å²) in [5.41, 5.74) is 5.31. The van der Waals surface area contributed by atoms with Crippen LogP contribution in [0.2, 0.25) is 0 Å². The molecule has 0 fully saturated rings. The molecule has 0 aliphatic heterocycles. The summed E-state index contributed by atoms with van der Waals surface area (Å²) >= 11 is 1.41. The van der Waals surface area contributed by atoms with E-state index in [1.54, 1.807) is 25.3 Å². The van der Waals surface area contributed by atoms with Gasteiger partial charge in [-0.25, -0.2) is 9.78 Å². The Morgan fingerprint density at radius 3 is 2.92 bits per heavy atom. The zero-order valence-corrected chi connectivity index (χ0v) is 14.2. The number of ether oxygens (including phenoxy) is 1. The Labute approximate surface area is 148 Å². The molecule has 0 aliphatic rings. The number of anilines is 1. The number of rotatable bonds is 6. The number of nitrogens with one attached hydrogen (secondary N) is 1. The number of hydrogen-bond donors (Lipinski definition) is 2. The summed E-state index contributed by atoms with van der Waals surface area (Å²) in [5, 5.41) is 15.8. The highest BCUT2D eigenvalue weighted by molar-refractivity contribution is 7.14. The van der Waals surface area contributed by atoms with Gasteiger partial charge < -0.3 is 9.84 Å². The summed E-state index contributed by atoms with van der Waals surface area (Å²) in [5.74, 6) is -0.222. The van der Waals surface area contributed by atoms with E-state index in [1.165, 1.54) is 23.6 Å². The van der Waals surface area contributed by atoms with Crippen LogP contribution in [0.15, 0.2) is 59.0 Å². The molecule has 1 aromatic heterocycles. The van der Waals surface area contributed by atoms with E-state index in [4.69, 9.17) is 9.84 Å². The molecule has 0 spiro atoms. The van der Waals surface area contributed by atoms with Crippen molar-refractivity contribution in [3.05, 3.63) is 65.0 Å². The van der Waals surface area contributed by atoms with Crippen LogP contribution < -0.4 is 10.2 Å². The first-order valence-corrected chi connectivity index (χ1v) is 8.26. The number of aromatic nitrogens is 1. The van der Waals surface area contributed by atoms with E-state index in [0.717, 1.165) is 17.0 Å². The van der Waals surface area contributed by atoms with Crippen molar-refractivity contribution in [3.63, 3.8) is 0 Å². The topological polar surface area (TPSA) is 83.8 Å². The Morgan fingerprint density at radius 2 is 2.12 bits per heavy atom. The third-order valence-electron chi connectivity index (χ3n) is 3.42. The highest BCUT2D eigenvalue weighted by Gasteiger charge is 2.07. The Balaban J connectivity index is 1.73. The van der Waals surface area contributed by atoms with Crippen LogP contribution >= 0.6 is 11.3 Å². The number of hydrogen-bond acceptors (Lipinski definition) is 6. The van der Waals surface area contributed by atoms with Crippen LogP contribution in [-0.2, 0) is 0 Å². The smallest absolute Gasteiger partial charge is 0.336 e. The predicted octanol–water partition coefficient (Wildman–Crippen LogP) is 3.96. The lowest BCUT2D eigenvalue weighted by Gasteiger charge is -2.01. The van der Waals surface area contributed by atoms with Crippen molar-refractivity contribution in [2.45, 2.75) is 0 Å². The van der Waals surface area contributed by atoms with E-state index in [9.17, 15) is 4.79 Å². The van der Waals surface area contributed by atoms with Crippen molar-refractivity contribution >= 4 is 28.7 Å². The molecule has 126 valence electrons. The normalized spacial score (nSPS) is 10.8. The molecule has 0 unspecified atom stereocenters. The molecule has 2 N–H and O–H groups in total. The van der Waals surface area contributed by atoms with Gasteiger partial charge in [0.2, 0.25) is 5.13 Å². The van der Waals surface area contributed by atoms with Gasteiger partial charge in [-0.15, -0.1) is 11.3 Å².